The van der Waals surface area contributed by atoms with E-state index in [1.54, 1.807) is 7.11 Å². The third kappa shape index (κ3) is 2.12. The molecule has 81 valence electrons. The maximum atomic E-state index is 5.38. The van der Waals surface area contributed by atoms with Gasteiger partial charge in [-0.2, -0.15) is 0 Å². The van der Waals surface area contributed by atoms with Crippen molar-refractivity contribution >= 4 is 15.9 Å². The molecule has 0 bridgehead atoms. The van der Waals surface area contributed by atoms with Gasteiger partial charge in [0.25, 0.3) is 0 Å². The summed E-state index contributed by atoms with van der Waals surface area (Å²) in [6, 6.07) is 15.2. The normalized spacial score (nSPS) is 10.2. The molecule has 0 spiro atoms. The number of hydrogen-bond donors (Lipinski definition) is 0. The van der Waals surface area contributed by atoms with Crippen LogP contribution < -0.4 is 4.74 Å². The van der Waals surface area contributed by atoms with Crippen LogP contribution in [-0.4, -0.2) is 7.11 Å². The van der Waals surface area contributed by atoms with Crippen molar-refractivity contribution in [1.29, 1.82) is 0 Å². The Labute approximate surface area is 104 Å². The molecule has 0 saturated heterocycles. The Balaban J connectivity index is 2.63. The van der Waals surface area contributed by atoms with Gasteiger partial charge in [0, 0.05) is 10.0 Å². The zero-order valence-corrected chi connectivity index (χ0v) is 10.8. The molecule has 1 nitrogen and oxygen atoms in total. The number of methoxy groups -OCH3 is 1. The van der Waals surface area contributed by atoms with Crippen molar-refractivity contribution in [3.05, 3.63) is 52.5 Å². The highest BCUT2D eigenvalue weighted by atomic mass is 79.9. The Bertz CT molecular complexity index is 506. The fraction of sp³-hybridized carbons (Fsp3) is 0.143. The minimum Gasteiger partial charge on any atom is -0.496 e. The van der Waals surface area contributed by atoms with Gasteiger partial charge in [-0.1, -0.05) is 34.1 Å². The van der Waals surface area contributed by atoms with Crippen LogP contribution in [0.5, 0.6) is 5.75 Å². The molecule has 0 aliphatic heterocycles. The van der Waals surface area contributed by atoms with E-state index in [1.165, 1.54) is 0 Å². The van der Waals surface area contributed by atoms with E-state index < -0.39 is 0 Å². The minimum absolute atomic E-state index is 0.880. The lowest BCUT2D eigenvalue weighted by Crippen LogP contribution is -1.89. The first-order valence-electron chi connectivity index (χ1n) is 5.03. The van der Waals surface area contributed by atoms with E-state index in [4.69, 9.17) is 4.74 Å². The monoisotopic (exact) mass is 275 g/mol. The second-order valence-electron chi connectivity index (χ2n) is 3.55. The summed E-state index contributed by atoms with van der Waals surface area (Å²) in [5, 5.41) is 0. The third-order valence-electron chi connectivity index (χ3n) is 2.51. The van der Waals surface area contributed by atoms with Gasteiger partial charge in [-0.05, 0) is 42.3 Å². The molecule has 0 aliphatic carbocycles. The Morgan fingerprint density at radius 1 is 1.19 bits per heavy atom. The van der Waals surface area contributed by atoms with Crippen molar-refractivity contribution in [3.8, 4) is 16.9 Å². The maximum Gasteiger partial charge on any atom is 0.126 e. The zero-order chi connectivity index (χ0) is 11.5. The minimum atomic E-state index is 0.880. The molecule has 0 N–H and O–H groups in total. The fourth-order valence-electron chi connectivity index (χ4n) is 1.70. The lowest BCUT2D eigenvalue weighted by Gasteiger charge is -2.11. The van der Waals surface area contributed by atoms with Crippen LogP contribution in [0.15, 0.2) is 40.9 Å². The van der Waals surface area contributed by atoms with Crippen molar-refractivity contribution in [2.75, 3.05) is 7.11 Å². The van der Waals surface area contributed by atoms with Crippen LogP contribution in [0.3, 0.4) is 0 Å². The van der Waals surface area contributed by atoms with Crippen LogP contribution in [0.25, 0.3) is 11.1 Å². The topological polar surface area (TPSA) is 9.23 Å². The molecule has 0 atom stereocenters. The Morgan fingerprint density at radius 3 is 2.69 bits per heavy atom. The summed E-state index contributed by atoms with van der Waals surface area (Å²) in [5.41, 5.74) is 3.37. The molecule has 16 heavy (non-hydrogen) atoms. The average Bonchev–Trinajstić information content (AvgIpc) is 2.29. The molecule has 0 unspecified atom stereocenters. The summed E-state index contributed by atoms with van der Waals surface area (Å²) in [7, 11) is 1.69. The highest BCUT2D eigenvalue weighted by molar-refractivity contribution is 9.10. The lowest BCUT2D eigenvalue weighted by atomic mass is 10.00. The molecule has 2 aromatic rings. The molecule has 2 heteroatoms. The van der Waals surface area contributed by atoms with Crippen molar-refractivity contribution in [2.24, 2.45) is 0 Å². The van der Waals surface area contributed by atoms with E-state index in [9.17, 15) is 0 Å². The number of aryl methyl sites for hydroxylation is 1. The Kier molecular flexibility index (Phi) is 3.30. The SMILES string of the molecule is COc1ccc(Br)cc1-c1ccc[c]c1C. The van der Waals surface area contributed by atoms with Crippen LogP contribution in [0.4, 0.5) is 0 Å². The molecular weight excluding hydrogens is 264 g/mol. The number of halogens is 1. The molecule has 0 aliphatic rings. The Morgan fingerprint density at radius 2 is 2.00 bits per heavy atom. The molecule has 0 fully saturated rings. The smallest absolute Gasteiger partial charge is 0.126 e. The van der Waals surface area contributed by atoms with Gasteiger partial charge in [0.05, 0.1) is 7.11 Å². The highest BCUT2D eigenvalue weighted by Gasteiger charge is 2.08. The molecule has 0 aromatic heterocycles. The average molecular weight is 276 g/mol. The summed E-state index contributed by atoms with van der Waals surface area (Å²) in [6.07, 6.45) is 0. The number of hydrogen-bond acceptors (Lipinski definition) is 1. The van der Waals surface area contributed by atoms with E-state index in [0.717, 1.165) is 26.9 Å². The van der Waals surface area contributed by atoms with Gasteiger partial charge in [-0.15, -0.1) is 0 Å². The van der Waals surface area contributed by atoms with Crippen molar-refractivity contribution < 1.29 is 4.74 Å². The maximum absolute atomic E-state index is 5.38. The van der Waals surface area contributed by atoms with Crippen LogP contribution in [-0.2, 0) is 0 Å². The van der Waals surface area contributed by atoms with Gasteiger partial charge in [-0.25, -0.2) is 0 Å². The van der Waals surface area contributed by atoms with Crippen LogP contribution in [0, 0.1) is 13.0 Å². The first kappa shape index (κ1) is 11.2. The first-order valence-corrected chi connectivity index (χ1v) is 5.83. The van der Waals surface area contributed by atoms with Gasteiger partial charge in [0.15, 0.2) is 0 Å². The quantitative estimate of drug-likeness (QED) is 0.797. The zero-order valence-electron chi connectivity index (χ0n) is 9.25. The highest BCUT2D eigenvalue weighted by Crippen LogP contribution is 2.34. The molecule has 2 rings (SSSR count). The van der Waals surface area contributed by atoms with Crippen LogP contribution in [0.2, 0.25) is 0 Å². The summed E-state index contributed by atoms with van der Waals surface area (Å²) in [4.78, 5) is 0. The van der Waals surface area contributed by atoms with Gasteiger partial charge in [-0.3, -0.25) is 0 Å². The van der Waals surface area contributed by atoms with Crippen LogP contribution >= 0.6 is 15.9 Å². The second kappa shape index (κ2) is 4.71. The predicted molar refractivity (Wildman–Crippen MR) is 69.7 cm³/mol. The molecule has 0 heterocycles. The summed E-state index contributed by atoms with van der Waals surface area (Å²) in [6.45, 7) is 2.05. The molecule has 0 saturated carbocycles. The van der Waals surface area contributed by atoms with Crippen molar-refractivity contribution in [2.45, 2.75) is 6.92 Å². The van der Waals surface area contributed by atoms with Gasteiger partial charge >= 0.3 is 0 Å². The van der Waals surface area contributed by atoms with Gasteiger partial charge in [0.1, 0.15) is 5.75 Å². The van der Waals surface area contributed by atoms with E-state index in [2.05, 4.69) is 41.1 Å². The number of benzene rings is 2. The third-order valence-corrected chi connectivity index (χ3v) is 3.01. The Hall–Kier alpha value is -1.28. The number of ether oxygens (including phenoxy) is 1. The van der Waals surface area contributed by atoms with E-state index in [-0.39, 0.29) is 0 Å². The van der Waals surface area contributed by atoms with E-state index in [0.29, 0.717) is 0 Å². The molecule has 2 aromatic carbocycles. The summed E-state index contributed by atoms with van der Waals surface area (Å²) >= 11 is 3.48. The van der Waals surface area contributed by atoms with Gasteiger partial charge < -0.3 is 4.74 Å². The predicted octanol–water partition coefficient (Wildman–Crippen LogP) is 4.23. The lowest BCUT2D eigenvalue weighted by molar-refractivity contribution is 0.416. The summed E-state index contributed by atoms with van der Waals surface area (Å²) < 4.78 is 6.42. The molecule has 0 amide bonds. The van der Waals surface area contributed by atoms with Gasteiger partial charge in [0.2, 0.25) is 0 Å². The largest absolute Gasteiger partial charge is 0.496 e. The van der Waals surface area contributed by atoms with E-state index in [1.807, 2.05) is 24.3 Å². The molecular formula is C14H12BrO. The first-order chi connectivity index (χ1) is 7.72. The van der Waals surface area contributed by atoms with Crippen molar-refractivity contribution in [3.63, 3.8) is 0 Å². The fourth-order valence-corrected chi connectivity index (χ4v) is 2.06. The van der Waals surface area contributed by atoms with Crippen molar-refractivity contribution in [1.82, 2.24) is 0 Å². The number of rotatable bonds is 2. The standard InChI is InChI=1S/C14H12BrO/c1-10-5-3-4-6-12(10)13-9-11(15)7-8-14(13)16-2/h3-4,6-9H,1-2H3. The molecule has 1 radical (unpaired) electrons. The summed E-state index contributed by atoms with van der Waals surface area (Å²) in [5.74, 6) is 0.880. The van der Waals surface area contributed by atoms with Crippen LogP contribution in [0.1, 0.15) is 5.56 Å². The van der Waals surface area contributed by atoms with E-state index >= 15 is 0 Å². The second-order valence-corrected chi connectivity index (χ2v) is 4.47.